The molecule has 1 saturated heterocycles. The van der Waals surface area contributed by atoms with E-state index in [9.17, 15) is 9.18 Å². The molecule has 3 aromatic rings. The Morgan fingerprint density at radius 3 is 2.38 bits per heavy atom. The van der Waals surface area contributed by atoms with Gasteiger partial charge in [0.05, 0.1) is 12.5 Å². The summed E-state index contributed by atoms with van der Waals surface area (Å²) in [6.45, 7) is 4.65. The van der Waals surface area contributed by atoms with Gasteiger partial charge >= 0.3 is 0 Å². The lowest BCUT2D eigenvalue weighted by atomic mass is 10.00. The summed E-state index contributed by atoms with van der Waals surface area (Å²) in [4.78, 5) is 17.6. The van der Waals surface area contributed by atoms with Crippen molar-refractivity contribution < 1.29 is 13.6 Å². The molecule has 4 rings (SSSR count). The number of hydrogen-bond donors (Lipinski definition) is 0. The Labute approximate surface area is 170 Å². The Balaban J connectivity index is 1.53. The molecule has 0 N–H and O–H groups in total. The van der Waals surface area contributed by atoms with Gasteiger partial charge in [-0.3, -0.25) is 9.69 Å². The molecule has 1 aliphatic rings. The quantitative estimate of drug-likeness (QED) is 0.610. The van der Waals surface area contributed by atoms with Gasteiger partial charge in [-0.1, -0.05) is 17.7 Å². The number of anilines is 1. The molecule has 29 heavy (non-hydrogen) atoms. The van der Waals surface area contributed by atoms with Gasteiger partial charge in [0.2, 0.25) is 0 Å². The molecule has 0 atom stereocenters. The summed E-state index contributed by atoms with van der Waals surface area (Å²) < 4.78 is 18.6. The van der Waals surface area contributed by atoms with Gasteiger partial charge in [0.15, 0.2) is 0 Å². The van der Waals surface area contributed by atoms with Crippen LogP contribution in [0.1, 0.15) is 34.3 Å². The van der Waals surface area contributed by atoms with Gasteiger partial charge in [-0.2, -0.15) is 0 Å². The molecule has 4 nitrogen and oxygen atoms in total. The zero-order valence-corrected chi connectivity index (χ0v) is 16.6. The minimum absolute atomic E-state index is 0.0371. The first kappa shape index (κ1) is 19.4. The predicted octanol–water partition coefficient (Wildman–Crippen LogP) is 5.04. The molecule has 1 amide bonds. The van der Waals surface area contributed by atoms with Gasteiger partial charge in [0.25, 0.3) is 5.91 Å². The van der Waals surface area contributed by atoms with Crippen LogP contribution < -0.4 is 4.90 Å². The third-order valence-electron chi connectivity index (χ3n) is 5.53. The fourth-order valence-corrected chi connectivity index (χ4v) is 3.91. The molecular formula is C24H25FN2O2. The molecule has 1 aliphatic heterocycles. The van der Waals surface area contributed by atoms with E-state index in [1.54, 1.807) is 24.7 Å². The van der Waals surface area contributed by atoms with E-state index in [1.807, 2.05) is 42.2 Å². The summed E-state index contributed by atoms with van der Waals surface area (Å²) in [5, 5.41) is 0. The van der Waals surface area contributed by atoms with Crippen molar-refractivity contribution in [3.8, 4) is 0 Å². The number of carbonyl (C=O) groups excluding carboxylic acids is 1. The summed E-state index contributed by atoms with van der Waals surface area (Å²) in [7, 11) is 0. The molecule has 0 radical (unpaired) electrons. The van der Waals surface area contributed by atoms with E-state index < -0.39 is 0 Å². The Bertz CT molecular complexity index is 928. The van der Waals surface area contributed by atoms with Crippen molar-refractivity contribution in [3.63, 3.8) is 0 Å². The lowest BCUT2D eigenvalue weighted by Crippen LogP contribution is -2.47. The second kappa shape index (κ2) is 8.62. The van der Waals surface area contributed by atoms with Crippen LogP contribution in [-0.4, -0.2) is 29.9 Å². The van der Waals surface area contributed by atoms with Gasteiger partial charge in [-0.25, -0.2) is 4.39 Å². The first-order chi connectivity index (χ1) is 14.1. The average Bonchev–Trinajstić information content (AvgIpc) is 3.24. The molecule has 1 fully saturated rings. The van der Waals surface area contributed by atoms with E-state index >= 15 is 0 Å². The van der Waals surface area contributed by atoms with Crippen LogP contribution >= 0.6 is 0 Å². The van der Waals surface area contributed by atoms with E-state index in [4.69, 9.17) is 4.42 Å². The Hall–Kier alpha value is -2.92. The van der Waals surface area contributed by atoms with Gasteiger partial charge in [0.1, 0.15) is 5.82 Å². The normalized spacial score (nSPS) is 15.4. The highest BCUT2D eigenvalue weighted by Gasteiger charge is 2.30. The smallest absolute Gasteiger partial charge is 0.258 e. The molecule has 0 spiro atoms. The van der Waals surface area contributed by atoms with Crippen LogP contribution in [0, 0.1) is 12.7 Å². The number of aryl methyl sites for hydroxylation is 1. The van der Waals surface area contributed by atoms with E-state index in [0.717, 1.165) is 49.3 Å². The number of halogens is 1. The Morgan fingerprint density at radius 2 is 1.76 bits per heavy atom. The summed E-state index contributed by atoms with van der Waals surface area (Å²) in [5.74, 6) is -0.337. The van der Waals surface area contributed by atoms with E-state index in [0.29, 0.717) is 5.56 Å². The molecule has 1 aromatic heterocycles. The van der Waals surface area contributed by atoms with Crippen molar-refractivity contribution in [3.05, 3.63) is 89.6 Å². The van der Waals surface area contributed by atoms with Crippen LogP contribution in [-0.2, 0) is 6.54 Å². The van der Waals surface area contributed by atoms with Crippen molar-refractivity contribution in [2.75, 3.05) is 18.0 Å². The van der Waals surface area contributed by atoms with Crippen molar-refractivity contribution in [2.24, 2.45) is 0 Å². The Morgan fingerprint density at radius 1 is 1.07 bits per heavy atom. The Kier molecular flexibility index (Phi) is 5.76. The van der Waals surface area contributed by atoms with Crippen LogP contribution in [0.3, 0.4) is 0 Å². The van der Waals surface area contributed by atoms with Crippen LogP contribution in [0.5, 0.6) is 0 Å². The van der Waals surface area contributed by atoms with Crippen LogP contribution in [0.2, 0.25) is 0 Å². The number of rotatable bonds is 5. The maximum Gasteiger partial charge on any atom is 0.258 e. The molecule has 2 heterocycles. The first-order valence-corrected chi connectivity index (χ1v) is 9.99. The van der Waals surface area contributed by atoms with Gasteiger partial charge in [0, 0.05) is 42.5 Å². The van der Waals surface area contributed by atoms with E-state index in [2.05, 4.69) is 4.90 Å². The summed E-state index contributed by atoms with van der Waals surface area (Å²) >= 11 is 0. The number of benzene rings is 2. The number of nitrogens with zero attached hydrogens (tertiary/aromatic N) is 2. The number of piperidine rings is 1. The molecule has 5 heteroatoms. The molecular weight excluding hydrogens is 367 g/mol. The second-order valence-corrected chi connectivity index (χ2v) is 7.66. The molecule has 0 bridgehead atoms. The predicted molar refractivity (Wildman–Crippen MR) is 111 cm³/mol. The highest BCUT2D eigenvalue weighted by atomic mass is 19.1. The largest absolute Gasteiger partial charge is 0.472 e. The maximum atomic E-state index is 13.5. The highest BCUT2D eigenvalue weighted by molar-refractivity contribution is 6.06. The van der Waals surface area contributed by atoms with Crippen molar-refractivity contribution >= 4 is 11.6 Å². The third kappa shape index (κ3) is 4.57. The number of likely N-dealkylation sites (tertiary alicyclic amines) is 1. The highest BCUT2D eigenvalue weighted by Crippen LogP contribution is 2.27. The molecule has 150 valence electrons. The van der Waals surface area contributed by atoms with Crippen LogP contribution in [0.15, 0.2) is 71.5 Å². The fraction of sp³-hybridized carbons (Fsp3) is 0.292. The molecule has 0 aliphatic carbocycles. The van der Waals surface area contributed by atoms with Crippen molar-refractivity contribution in [2.45, 2.75) is 32.4 Å². The maximum absolute atomic E-state index is 13.5. The molecule has 0 saturated carbocycles. The summed E-state index contributed by atoms with van der Waals surface area (Å²) in [6, 6.07) is 15.9. The standard InChI is InChI=1S/C24H25FN2O2/c1-18-2-4-20(5-3-18)24(28)27(22-8-6-21(25)7-9-22)23-10-13-26(14-11-23)16-19-12-15-29-17-19/h2-9,12,15,17,23H,10-11,13-14,16H2,1H3. The monoisotopic (exact) mass is 392 g/mol. The van der Waals surface area contributed by atoms with E-state index in [-0.39, 0.29) is 17.8 Å². The zero-order valence-electron chi connectivity index (χ0n) is 16.6. The van der Waals surface area contributed by atoms with Crippen molar-refractivity contribution in [1.82, 2.24) is 4.90 Å². The topological polar surface area (TPSA) is 36.7 Å². The zero-order chi connectivity index (χ0) is 20.2. The number of hydrogen-bond acceptors (Lipinski definition) is 3. The van der Waals surface area contributed by atoms with Gasteiger partial charge < -0.3 is 9.32 Å². The summed E-state index contributed by atoms with van der Waals surface area (Å²) in [6.07, 6.45) is 5.20. The molecule has 0 unspecified atom stereocenters. The fourth-order valence-electron chi connectivity index (χ4n) is 3.91. The summed E-state index contributed by atoms with van der Waals surface area (Å²) in [5.41, 5.74) is 3.67. The van der Waals surface area contributed by atoms with Crippen molar-refractivity contribution in [1.29, 1.82) is 0 Å². The lowest BCUT2D eigenvalue weighted by Gasteiger charge is -2.38. The SMILES string of the molecule is Cc1ccc(C(=O)N(c2ccc(F)cc2)C2CCN(Cc3ccoc3)CC2)cc1. The van der Waals surface area contributed by atoms with Gasteiger partial charge in [-0.15, -0.1) is 0 Å². The van der Waals surface area contributed by atoms with Crippen LogP contribution in [0.4, 0.5) is 10.1 Å². The number of amides is 1. The second-order valence-electron chi connectivity index (χ2n) is 7.66. The first-order valence-electron chi connectivity index (χ1n) is 9.99. The lowest BCUT2D eigenvalue weighted by molar-refractivity contribution is 0.0958. The van der Waals surface area contributed by atoms with Crippen LogP contribution in [0.25, 0.3) is 0 Å². The molecule has 2 aromatic carbocycles. The number of furan rings is 1. The average molecular weight is 392 g/mol. The number of carbonyl (C=O) groups is 1. The minimum atomic E-state index is -0.300. The van der Waals surface area contributed by atoms with E-state index in [1.165, 1.54) is 12.1 Å². The van der Waals surface area contributed by atoms with Gasteiger partial charge in [-0.05, 0) is 62.2 Å². The minimum Gasteiger partial charge on any atom is -0.472 e. The third-order valence-corrected chi connectivity index (χ3v) is 5.53.